The predicted octanol–water partition coefficient (Wildman–Crippen LogP) is 3.02. The Balaban J connectivity index is 1.30. The molecule has 13 heteroatoms. The van der Waals surface area contributed by atoms with Crippen LogP contribution in [-0.2, 0) is 0 Å². The van der Waals surface area contributed by atoms with Crippen LogP contribution in [0.15, 0.2) is 43.0 Å². The molecule has 5 heterocycles. The third-order valence-corrected chi connectivity index (χ3v) is 5.97. The maximum absolute atomic E-state index is 15.2. The fourth-order valence-corrected chi connectivity index (χ4v) is 4.24. The zero-order chi connectivity index (χ0) is 24.6. The summed E-state index contributed by atoms with van der Waals surface area (Å²) in [5.74, 6) is 1.33. The highest BCUT2D eigenvalue weighted by Crippen LogP contribution is 2.31. The number of halogens is 1. The number of hydrogen-bond acceptors (Lipinski definition) is 9. The molecule has 0 saturated carbocycles. The normalized spacial score (nSPS) is 14.0. The summed E-state index contributed by atoms with van der Waals surface area (Å²) < 4.78 is 21.1. The third kappa shape index (κ3) is 4.26. The first-order valence-electron chi connectivity index (χ1n) is 11.5. The smallest absolute Gasteiger partial charge is 0.326 e. The average molecular weight is 490 g/mol. The first-order valence-corrected chi connectivity index (χ1v) is 11.5. The van der Waals surface area contributed by atoms with Crippen molar-refractivity contribution >= 4 is 28.4 Å². The zero-order valence-corrected chi connectivity index (χ0v) is 19.7. The predicted molar refractivity (Wildman–Crippen MR) is 132 cm³/mol. The summed E-state index contributed by atoms with van der Waals surface area (Å²) in [6.45, 7) is 6.63. The summed E-state index contributed by atoms with van der Waals surface area (Å²) in [5, 5.41) is 17.0. The van der Waals surface area contributed by atoms with Crippen LogP contribution >= 0.6 is 0 Å². The number of nitrogens with one attached hydrogen (secondary N) is 3. The quantitative estimate of drug-likeness (QED) is 0.330. The van der Waals surface area contributed by atoms with Gasteiger partial charge in [0.2, 0.25) is 0 Å². The van der Waals surface area contributed by atoms with E-state index in [2.05, 4.69) is 50.5 Å². The van der Waals surface area contributed by atoms with E-state index in [9.17, 15) is 0 Å². The number of H-pyrrole nitrogens is 2. The highest BCUT2D eigenvalue weighted by Gasteiger charge is 2.21. The Morgan fingerprint density at radius 2 is 1.86 bits per heavy atom. The van der Waals surface area contributed by atoms with E-state index in [-0.39, 0.29) is 11.8 Å². The molecule has 4 aromatic heterocycles. The Labute approximate surface area is 205 Å². The number of nitrogens with zero attached hydrogens (tertiary/aromatic N) is 8. The highest BCUT2D eigenvalue weighted by atomic mass is 19.1. The molecule has 0 spiro atoms. The van der Waals surface area contributed by atoms with Gasteiger partial charge in [0.05, 0.1) is 13.1 Å². The van der Waals surface area contributed by atoms with E-state index >= 15 is 4.39 Å². The van der Waals surface area contributed by atoms with Crippen LogP contribution in [0.4, 0.5) is 21.8 Å². The molecule has 1 aliphatic heterocycles. The lowest BCUT2D eigenvalue weighted by atomic mass is 10.2. The maximum atomic E-state index is 15.2. The Hall–Kier alpha value is -4.68. The first kappa shape index (κ1) is 21.8. The van der Waals surface area contributed by atoms with Gasteiger partial charge in [-0.2, -0.15) is 19.9 Å². The number of aryl methyl sites for hydroxylation is 2. The molecular formula is C23H24FN11O. The van der Waals surface area contributed by atoms with Crippen molar-refractivity contribution in [1.82, 2.24) is 40.0 Å². The molecule has 0 atom stereocenters. The molecular weight excluding hydrogens is 465 g/mol. The lowest BCUT2D eigenvalue weighted by Gasteiger charge is -2.35. The minimum atomic E-state index is -0.468. The number of piperazine rings is 1. The van der Waals surface area contributed by atoms with Crippen molar-refractivity contribution in [1.29, 1.82) is 0 Å². The number of anilines is 3. The fourth-order valence-electron chi connectivity index (χ4n) is 4.24. The van der Waals surface area contributed by atoms with Crippen molar-refractivity contribution < 1.29 is 9.13 Å². The van der Waals surface area contributed by atoms with Gasteiger partial charge in [-0.05, 0) is 32.0 Å². The SMILES string of the molecule is Cc1cc(Nc2cc(N3CCN(n4cncn4)CC3)nc(Oc3ccc4[nH]c(C)cc4c3F)n2)n[nH]1. The molecule has 0 bridgehead atoms. The summed E-state index contributed by atoms with van der Waals surface area (Å²) in [6.07, 6.45) is 3.19. The summed E-state index contributed by atoms with van der Waals surface area (Å²) in [5.41, 5.74) is 2.48. The second kappa shape index (κ2) is 8.83. The van der Waals surface area contributed by atoms with Gasteiger partial charge in [-0.1, -0.05) is 0 Å². The van der Waals surface area contributed by atoms with Crippen molar-refractivity contribution in [3.8, 4) is 11.8 Å². The van der Waals surface area contributed by atoms with E-state index in [0.717, 1.165) is 24.5 Å². The van der Waals surface area contributed by atoms with Crippen molar-refractivity contribution in [2.75, 3.05) is 41.4 Å². The van der Waals surface area contributed by atoms with Gasteiger partial charge >= 0.3 is 6.01 Å². The molecule has 12 nitrogen and oxygen atoms in total. The summed E-state index contributed by atoms with van der Waals surface area (Å²) >= 11 is 0. The van der Waals surface area contributed by atoms with Crippen molar-refractivity contribution in [3.63, 3.8) is 0 Å². The van der Waals surface area contributed by atoms with Crippen LogP contribution in [0.1, 0.15) is 11.4 Å². The molecule has 0 unspecified atom stereocenters. The van der Waals surface area contributed by atoms with Gasteiger partial charge in [0.1, 0.15) is 24.3 Å². The second-order valence-electron chi connectivity index (χ2n) is 8.61. The van der Waals surface area contributed by atoms with E-state index in [4.69, 9.17) is 4.74 Å². The van der Waals surface area contributed by atoms with Crippen LogP contribution in [0, 0.1) is 19.7 Å². The first-order chi connectivity index (χ1) is 17.5. The maximum Gasteiger partial charge on any atom is 0.326 e. The van der Waals surface area contributed by atoms with Crippen LogP contribution in [0.3, 0.4) is 0 Å². The number of aromatic amines is 2. The topological polar surface area (TPSA) is 129 Å². The molecule has 0 aliphatic carbocycles. The standard InChI is InChI=1S/C23H24FN11O/c1-14-9-16-17(27-14)3-4-18(22(16)24)36-23-29-19(28-20-10-15(2)31-32-20)11-21(30-23)33-5-7-34(8-6-33)35-13-25-12-26-35/h3-4,9-13,27H,5-8H2,1-2H3,(H2,28,29,30,31,32). The Morgan fingerprint density at radius 3 is 2.61 bits per heavy atom. The highest BCUT2D eigenvalue weighted by molar-refractivity contribution is 5.82. The molecule has 1 fully saturated rings. The van der Waals surface area contributed by atoms with Crippen molar-refractivity contribution in [2.24, 2.45) is 0 Å². The van der Waals surface area contributed by atoms with Gasteiger partial charge in [-0.3, -0.25) is 10.1 Å². The largest absolute Gasteiger partial charge is 0.421 e. The number of aromatic nitrogens is 8. The van der Waals surface area contributed by atoms with Gasteiger partial charge in [0, 0.05) is 47.5 Å². The van der Waals surface area contributed by atoms with E-state index in [1.54, 1.807) is 29.3 Å². The fraction of sp³-hybridized carbons (Fsp3) is 0.261. The van der Waals surface area contributed by atoms with E-state index in [1.807, 2.05) is 26.0 Å². The minimum Gasteiger partial charge on any atom is -0.421 e. The molecule has 0 amide bonds. The van der Waals surface area contributed by atoms with E-state index in [1.165, 1.54) is 6.33 Å². The average Bonchev–Trinajstić information content (AvgIpc) is 3.63. The molecule has 6 rings (SSSR count). The lowest BCUT2D eigenvalue weighted by Crippen LogP contribution is -2.51. The van der Waals surface area contributed by atoms with Crippen LogP contribution in [-0.4, -0.2) is 66.2 Å². The molecule has 1 saturated heterocycles. The summed E-state index contributed by atoms with van der Waals surface area (Å²) in [6, 6.07) is 8.82. The van der Waals surface area contributed by atoms with Crippen molar-refractivity contribution in [2.45, 2.75) is 13.8 Å². The second-order valence-corrected chi connectivity index (χ2v) is 8.61. The molecule has 0 radical (unpaired) electrons. The van der Waals surface area contributed by atoms with Gasteiger partial charge in [-0.15, -0.1) is 5.10 Å². The van der Waals surface area contributed by atoms with Crippen LogP contribution in [0.5, 0.6) is 11.8 Å². The van der Waals surface area contributed by atoms with Gasteiger partial charge in [0.25, 0.3) is 0 Å². The monoisotopic (exact) mass is 489 g/mol. The molecule has 1 aliphatic rings. The third-order valence-electron chi connectivity index (χ3n) is 5.97. The Kier molecular flexibility index (Phi) is 5.36. The summed E-state index contributed by atoms with van der Waals surface area (Å²) in [7, 11) is 0. The molecule has 5 aromatic rings. The number of fused-ring (bicyclic) bond motifs is 1. The van der Waals surface area contributed by atoms with Crippen molar-refractivity contribution in [3.05, 3.63) is 60.2 Å². The van der Waals surface area contributed by atoms with Crippen LogP contribution in [0.2, 0.25) is 0 Å². The molecule has 36 heavy (non-hydrogen) atoms. The lowest BCUT2D eigenvalue weighted by molar-refractivity contribution is 0.413. The molecule has 1 aromatic carbocycles. The minimum absolute atomic E-state index is 0.0338. The number of benzene rings is 1. The number of hydrogen-bond donors (Lipinski definition) is 3. The Morgan fingerprint density at radius 1 is 1.00 bits per heavy atom. The van der Waals surface area contributed by atoms with Gasteiger partial charge < -0.3 is 19.9 Å². The van der Waals surface area contributed by atoms with E-state index < -0.39 is 5.82 Å². The Bertz CT molecular complexity index is 1500. The van der Waals surface area contributed by atoms with Crippen LogP contribution in [0.25, 0.3) is 10.9 Å². The number of ether oxygens (including phenoxy) is 1. The number of rotatable bonds is 6. The van der Waals surface area contributed by atoms with Crippen LogP contribution < -0.4 is 20.0 Å². The summed E-state index contributed by atoms with van der Waals surface area (Å²) in [4.78, 5) is 20.1. The van der Waals surface area contributed by atoms with E-state index in [0.29, 0.717) is 41.4 Å². The van der Waals surface area contributed by atoms with Gasteiger partial charge in [-0.25, -0.2) is 9.37 Å². The zero-order valence-electron chi connectivity index (χ0n) is 19.7. The molecule has 3 N–H and O–H groups in total. The molecule has 184 valence electrons. The van der Waals surface area contributed by atoms with Gasteiger partial charge in [0.15, 0.2) is 17.4 Å².